The summed E-state index contributed by atoms with van der Waals surface area (Å²) in [7, 11) is 0. The maximum atomic E-state index is 9.44. The molecule has 0 aromatic heterocycles. The lowest BCUT2D eigenvalue weighted by atomic mass is 10.3. The lowest BCUT2D eigenvalue weighted by Gasteiger charge is -1.79. The van der Waals surface area contributed by atoms with Crippen LogP contribution in [0.1, 0.15) is 54.9 Å². The fourth-order valence-electron chi connectivity index (χ4n) is 0. The normalized spacial score (nSPS) is 7.27. The first-order valence-corrected chi connectivity index (χ1v) is 4.35. The van der Waals surface area contributed by atoms with Crippen molar-refractivity contribution in [1.82, 2.24) is 0 Å². The van der Waals surface area contributed by atoms with E-state index in [-0.39, 0.29) is 5.78 Å². The van der Waals surface area contributed by atoms with Crippen LogP contribution in [-0.4, -0.2) is 5.78 Å². The quantitative estimate of drug-likeness (QED) is 0.528. The number of ketones is 1. The van der Waals surface area contributed by atoms with Crippen molar-refractivity contribution in [2.24, 2.45) is 5.92 Å². The van der Waals surface area contributed by atoms with Gasteiger partial charge >= 0.3 is 0 Å². The number of Topliss-reactive ketones (excluding diaryl/α,β-unsaturated/α-hetero) is 1. The summed E-state index contributed by atoms with van der Waals surface area (Å²) in [6, 6.07) is 0. The zero-order chi connectivity index (χ0) is 9.86. The average Bonchev–Trinajstić information content (AvgIpc) is 1.60. The van der Waals surface area contributed by atoms with Gasteiger partial charge in [0.25, 0.3) is 0 Å². The average molecular weight is 160 g/mol. The Morgan fingerprint density at radius 2 is 1.09 bits per heavy atom. The van der Waals surface area contributed by atoms with Crippen LogP contribution in [0, 0.1) is 5.92 Å². The second-order valence-corrected chi connectivity index (χ2v) is 3.35. The van der Waals surface area contributed by atoms with E-state index in [0.29, 0.717) is 0 Å². The van der Waals surface area contributed by atoms with Gasteiger partial charge in [0, 0.05) is 0 Å². The Labute approximate surface area is 72.2 Å². The highest BCUT2D eigenvalue weighted by Crippen LogP contribution is 1.81. The van der Waals surface area contributed by atoms with E-state index in [2.05, 4.69) is 34.6 Å². The van der Waals surface area contributed by atoms with Crippen molar-refractivity contribution in [3.63, 3.8) is 0 Å². The number of carbonyl (C=O) groups excluding carboxylic acids is 1. The minimum Gasteiger partial charge on any atom is -0.300 e. The van der Waals surface area contributed by atoms with Crippen molar-refractivity contribution in [2.75, 3.05) is 0 Å². The van der Waals surface area contributed by atoms with Crippen LogP contribution in [0.15, 0.2) is 0 Å². The molecule has 0 bridgehead atoms. The van der Waals surface area contributed by atoms with Gasteiger partial charge in [-0.2, -0.15) is 0 Å². The molecule has 0 heterocycles. The lowest BCUT2D eigenvalue weighted by Crippen LogP contribution is -1.69. The Morgan fingerprint density at radius 3 is 1.09 bits per heavy atom. The van der Waals surface area contributed by atoms with Gasteiger partial charge in [-0.3, -0.25) is 0 Å². The number of carbonyl (C=O) groups is 1. The molecule has 0 atom stereocenters. The molecule has 0 N–H and O–H groups in total. The van der Waals surface area contributed by atoms with E-state index >= 15 is 0 Å². The summed E-state index contributed by atoms with van der Waals surface area (Å²) in [6.07, 6.45) is 1.25. The van der Waals surface area contributed by atoms with Crippen LogP contribution in [-0.2, 0) is 4.79 Å². The Balaban J connectivity index is -0.0000000886. The van der Waals surface area contributed by atoms with Gasteiger partial charge in [0.05, 0.1) is 0 Å². The van der Waals surface area contributed by atoms with Crippen molar-refractivity contribution in [3.8, 4) is 0 Å². The molecule has 0 rings (SSSR count). The SMILES string of the molecule is CC(C)=O.CC(C)C.CCC. The van der Waals surface area contributed by atoms with E-state index < -0.39 is 0 Å². The molecule has 0 radical (unpaired) electrons. The van der Waals surface area contributed by atoms with E-state index in [4.69, 9.17) is 0 Å². The topological polar surface area (TPSA) is 17.1 Å². The summed E-state index contributed by atoms with van der Waals surface area (Å²) in [4.78, 5) is 9.44. The van der Waals surface area contributed by atoms with Crippen molar-refractivity contribution in [2.45, 2.75) is 54.9 Å². The second-order valence-electron chi connectivity index (χ2n) is 3.35. The third kappa shape index (κ3) is 5220. The fourth-order valence-corrected chi connectivity index (χ4v) is 0. The van der Waals surface area contributed by atoms with Gasteiger partial charge in [0.2, 0.25) is 0 Å². The third-order valence-corrected chi connectivity index (χ3v) is 0. The molecule has 0 aromatic rings. The zero-order valence-electron chi connectivity index (χ0n) is 9.19. The molecule has 0 fully saturated rings. The first-order chi connectivity index (χ1) is 4.88. The first kappa shape index (κ1) is 17.0. The standard InChI is InChI=1S/C4H10.C3H6O.C3H8/c1-4(2)3;1-3(2)4;1-3-2/h4H,1-3H3;1-2H3;3H2,1-2H3. The maximum absolute atomic E-state index is 9.44. The van der Waals surface area contributed by atoms with Gasteiger partial charge in [0.1, 0.15) is 5.78 Å². The van der Waals surface area contributed by atoms with Crippen molar-refractivity contribution < 1.29 is 4.79 Å². The van der Waals surface area contributed by atoms with Gasteiger partial charge in [-0.1, -0.05) is 41.0 Å². The minimum absolute atomic E-state index is 0.167. The fraction of sp³-hybridized carbons (Fsp3) is 0.900. The van der Waals surface area contributed by atoms with E-state index in [1.165, 1.54) is 20.3 Å². The molecule has 0 amide bonds. The molecular formula is C10H24O. The maximum Gasteiger partial charge on any atom is 0.126 e. The summed E-state index contributed by atoms with van der Waals surface area (Å²) >= 11 is 0. The predicted octanol–water partition coefficient (Wildman–Crippen LogP) is 3.67. The van der Waals surface area contributed by atoms with Crippen LogP contribution in [0.25, 0.3) is 0 Å². The van der Waals surface area contributed by atoms with Gasteiger partial charge in [0.15, 0.2) is 0 Å². The highest BCUT2D eigenvalue weighted by molar-refractivity contribution is 5.72. The molecule has 0 spiro atoms. The Hall–Kier alpha value is -0.330. The van der Waals surface area contributed by atoms with E-state index in [1.807, 2.05) is 0 Å². The second kappa shape index (κ2) is 16.3. The molecule has 0 aliphatic heterocycles. The van der Waals surface area contributed by atoms with E-state index in [1.54, 1.807) is 0 Å². The van der Waals surface area contributed by atoms with E-state index in [9.17, 15) is 4.79 Å². The van der Waals surface area contributed by atoms with Crippen molar-refractivity contribution in [1.29, 1.82) is 0 Å². The van der Waals surface area contributed by atoms with Gasteiger partial charge in [-0.05, 0) is 19.8 Å². The molecule has 1 nitrogen and oxygen atoms in total. The van der Waals surface area contributed by atoms with Crippen molar-refractivity contribution >= 4 is 5.78 Å². The summed E-state index contributed by atoms with van der Waals surface area (Å²) in [5.41, 5.74) is 0. The molecular weight excluding hydrogens is 136 g/mol. The van der Waals surface area contributed by atoms with Crippen LogP contribution >= 0.6 is 0 Å². The molecule has 0 aromatic carbocycles. The molecule has 1 heteroatoms. The van der Waals surface area contributed by atoms with Crippen LogP contribution in [0.3, 0.4) is 0 Å². The smallest absolute Gasteiger partial charge is 0.126 e. The summed E-state index contributed by atoms with van der Waals surface area (Å²) in [6.45, 7) is 13.8. The summed E-state index contributed by atoms with van der Waals surface area (Å²) < 4.78 is 0. The first-order valence-electron chi connectivity index (χ1n) is 4.35. The molecule has 0 saturated heterocycles. The Bertz CT molecular complexity index is 58.5. The largest absolute Gasteiger partial charge is 0.300 e. The number of hydrogen-bond acceptors (Lipinski definition) is 1. The van der Waals surface area contributed by atoms with E-state index in [0.717, 1.165) is 5.92 Å². The van der Waals surface area contributed by atoms with Gasteiger partial charge in [-0.15, -0.1) is 0 Å². The summed E-state index contributed by atoms with van der Waals surface area (Å²) in [5.74, 6) is 1.00. The zero-order valence-corrected chi connectivity index (χ0v) is 9.19. The highest BCUT2D eigenvalue weighted by Gasteiger charge is 1.68. The summed E-state index contributed by atoms with van der Waals surface area (Å²) in [5, 5.41) is 0. The van der Waals surface area contributed by atoms with Crippen LogP contribution in [0.5, 0.6) is 0 Å². The molecule has 11 heavy (non-hydrogen) atoms. The van der Waals surface area contributed by atoms with Crippen LogP contribution in [0.4, 0.5) is 0 Å². The highest BCUT2D eigenvalue weighted by atomic mass is 16.1. The molecule has 70 valence electrons. The minimum atomic E-state index is 0.167. The number of rotatable bonds is 0. The predicted molar refractivity (Wildman–Crippen MR) is 52.8 cm³/mol. The van der Waals surface area contributed by atoms with Crippen molar-refractivity contribution in [3.05, 3.63) is 0 Å². The van der Waals surface area contributed by atoms with Gasteiger partial charge < -0.3 is 4.79 Å². The molecule has 0 aliphatic rings. The third-order valence-electron chi connectivity index (χ3n) is 0. The molecule has 0 saturated carbocycles. The Morgan fingerprint density at radius 1 is 1.09 bits per heavy atom. The lowest BCUT2D eigenvalue weighted by molar-refractivity contribution is -0.114. The Kier molecular flexibility index (Phi) is 25.2. The van der Waals surface area contributed by atoms with Crippen LogP contribution in [0.2, 0.25) is 0 Å². The van der Waals surface area contributed by atoms with Crippen LogP contribution < -0.4 is 0 Å². The monoisotopic (exact) mass is 160 g/mol. The van der Waals surface area contributed by atoms with Gasteiger partial charge in [-0.25, -0.2) is 0 Å². The molecule has 0 aliphatic carbocycles. The number of hydrogen-bond donors (Lipinski definition) is 0. The molecule has 0 unspecified atom stereocenters.